The molecule has 2 rings (SSSR count). The van der Waals surface area contributed by atoms with E-state index >= 15 is 0 Å². The number of amides is 1. The number of aryl methyl sites for hydroxylation is 1. The van der Waals surface area contributed by atoms with E-state index in [-0.39, 0.29) is 32.5 Å². The maximum atomic E-state index is 12.2. The number of carbonyl (C=O) groups is 1. The molecule has 1 aromatic rings. The number of hydrogen-bond acceptors (Lipinski definition) is 2. The van der Waals surface area contributed by atoms with Crippen molar-refractivity contribution in [1.82, 2.24) is 5.32 Å². The molecule has 1 saturated carbocycles. The standard InChI is InChI=1S/C17H24NO2.W/c1-13-6-4-5-7-14(13)12-16(19)18-17(2)10-8-15(20-3)9-11-17;/h4-6,15H,8-12H2,1-3H3,(H,18,19);/q-1;. The third kappa shape index (κ3) is 5.23. The molecule has 116 valence electrons. The van der Waals surface area contributed by atoms with Crippen molar-refractivity contribution in [3.8, 4) is 0 Å². The normalized spacial score (nSPS) is 25.0. The molecule has 1 fully saturated rings. The van der Waals surface area contributed by atoms with Crippen LogP contribution in [-0.4, -0.2) is 24.7 Å². The van der Waals surface area contributed by atoms with Crippen LogP contribution in [0.5, 0.6) is 0 Å². The topological polar surface area (TPSA) is 38.3 Å². The summed E-state index contributed by atoms with van der Waals surface area (Å²) in [5.74, 6) is 0.0916. The first-order chi connectivity index (χ1) is 9.52. The number of rotatable bonds is 4. The minimum atomic E-state index is -0.0885. The molecule has 1 amide bonds. The Morgan fingerprint density at radius 3 is 2.71 bits per heavy atom. The van der Waals surface area contributed by atoms with Gasteiger partial charge in [0.2, 0.25) is 5.91 Å². The number of carbonyl (C=O) groups excluding carboxylic acids is 1. The van der Waals surface area contributed by atoms with E-state index in [1.165, 1.54) is 0 Å². The summed E-state index contributed by atoms with van der Waals surface area (Å²) < 4.78 is 5.38. The Morgan fingerprint density at radius 2 is 2.14 bits per heavy atom. The fraction of sp³-hybridized carbons (Fsp3) is 0.588. The predicted octanol–water partition coefficient (Wildman–Crippen LogP) is 2.80. The fourth-order valence-electron chi connectivity index (χ4n) is 2.88. The van der Waals surface area contributed by atoms with Crippen LogP contribution < -0.4 is 5.32 Å². The Balaban J connectivity index is 0.00000220. The van der Waals surface area contributed by atoms with Gasteiger partial charge in [-0.2, -0.15) is 35.4 Å². The van der Waals surface area contributed by atoms with Crippen LogP contribution in [0.3, 0.4) is 0 Å². The Kier molecular flexibility index (Phi) is 7.09. The van der Waals surface area contributed by atoms with Gasteiger partial charge >= 0.3 is 0 Å². The van der Waals surface area contributed by atoms with Crippen molar-refractivity contribution in [2.24, 2.45) is 0 Å². The van der Waals surface area contributed by atoms with E-state index in [1.54, 1.807) is 7.11 Å². The summed E-state index contributed by atoms with van der Waals surface area (Å²) in [6.07, 6.45) is 4.76. The fourth-order valence-corrected chi connectivity index (χ4v) is 2.88. The molecule has 0 bridgehead atoms. The van der Waals surface area contributed by atoms with Gasteiger partial charge in [-0.3, -0.25) is 4.79 Å². The number of ether oxygens (including phenoxy) is 1. The molecule has 0 atom stereocenters. The number of hydrogen-bond donors (Lipinski definition) is 1. The monoisotopic (exact) mass is 458 g/mol. The van der Waals surface area contributed by atoms with Gasteiger partial charge < -0.3 is 10.1 Å². The average molecular weight is 458 g/mol. The molecular weight excluding hydrogens is 434 g/mol. The molecule has 0 heterocycles. The second kappa shape index (κ2) is 8.10. The van der Waals surface area contributed by atoms with E-state index in [0.29, 0.717) is 12.5 Å². The van der Waals surface area contributed by atoms with Crippen molar-refractivity contribution in [3.63, 3.8) is 0 Å². The van der Waals surface area contributed by atoms with E-state index in [4.69, 9.17) is 4.74 Å². The van der Waals surface area contributed by atoms with Gasteiger partial charge in [-0.1, -0.05) is 6.92 Å². The molecule has 1 aliphatic rings. The minimum absolute atomic E-state index is 0. The number of methoxy groups -OCH3 is 1. The van der Waals surface area contributed by atoms with Crippen LogP contribution >= 0.6 is 0 Å². The van der Waals surface area contributed by atoms with Crippen molar-refractivity contribution >= 4 is 5.91 Å². The summed E-state index contributed by atoms with van der Waals surface area (Å²) in [5, 5.41) is 3.20. The molecule has 1 aliphatic carbocycles. The average Bonchev–Trinajstić information content (AvgIpc) is 2.42. The minimum Gasteiger partial charge on any atom is -0.381 e. The third-order valence-electron chi connectivity index (χ3n) is 4.32. The van der Waals surface area contributed by atoms with Crippen LogP contribution in [-0.2, 0) is 37.0 Å². The van der Waals surface area contributed by atoms with Crippen LogP contribution in [0.1, 0.15) is 43.7 Å². The van der Waals surface area contributed by atoms with Crippen molar-refractivity contribution in [2.75, 3.05) is 7.11 Å². The largest absolute Gasteiger partial charge is 0.381 e. The Bertz CT molecular complexity index is 468. The van der Waals surface area contributed by atoms with Crippen molar-refractivity contribution in [1.29, 1.82) is 0 Å². The van der Waals surface area contributed by atoms with E-state index in [0.717, 1.165) is 36.8 Å². The Morgan fingerprint density at radius 1 is 1.48 bits per heavy atom. The first-order valence-corrected chi connectivity index (χ1v) is 7.32. The summed E-state index contributed by atoms with van der Waals surface area (Å²) in [7, 11) is 1.76. The van der Waals surface area contributed by atoms with Crippen LogP contribution in [0, 0.1) is 13.0 Å². The third-order valence-corrected chi connectivity index (χ3v) is 4.32. The molecule has 4 heteroatoms. The molecule has 0 spiro atoms. The Labute approximate surface area is 142 Å². The summed E-state index contributed by atoms with van der Waals surface area (Å²) in [6, 6.07) is 8.98. The van der Waals surface area contributed by atoms with Crippen LogP contribution in [0.4, 0.5) is 0 Å². The van der Waals surface area contributed by atoms with E-state index in [9.17, 15) is 4.79 Å². The van der Waals surface area contributed by atoms with Crippen molar-refractivity contribution in [2.45, 2.75) is 57.6 Å². The molecule has 1 N–H and O–H groups in total. The van der Waals surface area contributed by atoms with Gasteiger partial charge in [0.1, 0.15) is 0 Å². The van der Waals surface area contributed by atoms with Crippen molar-refractivity contribution < 1.29 is 30.6 Å². The number of nitrogens with one attached hydrogen (secondary N) is 1. The summed E-state index contributed by atoms with van der Waals surface area (Å²) >= 11 is 0. The molecule has 1 aromatic carbocycles. The maximum absolute atomic E-state index is 12.2. The van der Waals surface area contributed by atoms with Crippen LogP contribution in [0.2, 0.25) is 0 Å². The van der Waals surface area contributed by atoms with Crippen LogP contribution in [0.15, 0.2) is 18.2 Å². The van der Waals surface area contributed by atoms with Gasteiger partial charge in [-0.05, 0) is 32.6 Å². The molecular formula is C17H24NO2W-. The Hall–Kier alpha value is -0.662. The maximum Gasteiger partial charge on any atom is 0.222 e. The number of benzene rings is 1. The quantitative estimate of drug-likeness (QED) is 0.706. The zero-order chi connectivity index (χ0) is 14.6. The van der Waals surface area contributed by atoms with Crippen molar-refractivity contribution in [3.05, 3.63) is 35.4 Å². The zero-order valence-corrected chi connectivity index (χ0v) is 16.0. The molecule has 0 unspecified atom stereocenters. The van der Waals surface area contributed by atoms with E-state index in [2.05, 4.69) is 18.3 Å². The van der Waals surface area contributed by atoms with Gasteiger partial charge in [0.15, 0.2) is 0 Å². The predicted molar refractivity (Wildman–Crippen MR) is 79.5 cm³/mol. The van der Waals surface area contributed by atoms with Gasteiger partial charge in [0.25, 0.3) is 0 Å². The summed E-state index contributed by atoms with van der Waals surface area (Å²) in [5.41, 5.74) is 2.02. The van der Waals surface area contributed by atoms with Gasteiger partial charge in [0.05, 0.1) is 6.10 Å². The molecule has 0 saturated heterocycles. The van der Waals surface area contributed by atoms with Gasteiger partial charge in [-0.25, -0.2) is 0 Å². The summed E-state index contributed by atoms with van der Waals surface area (Å²) in [6.45, 7) is 4.16. The molecule has 0 aromatic heterocycles. The summed E-state index contributed by atoms with van der Waals surface area (Å²) in [4.78, 5) is 12.2. The van der Waals surface area contributed by atoms with Crippen LogP contribution in [0.25, 0.3) is 0 Å². The zero-order valence-electron chi connectivity index (χ0n) is 13.1. The molecule has 0 radical (unpaired) electrons. The molecule has 3 nitrogen and oxygen atoms in total. The van der Waals surface area contributed by atoms with Gasteiger partial charge in [-0.15, -0.1) is 0 Å². The first-order valence-electron chi connectivity index (χ1n) is 7.32. The van der Waals surface area contributed by atoms with E-state index < -0.39 is 0 Å². The smallest absolute Gasteiger partial charge is 0.222 e. The molecule has 0 aliphatic heterocycles. The molecule has 21 heavy (non-hydrogen) atoms. The second-order valence-corrected chi connectivity index (χ2v) is 6.05. The van der Waals surface area contributed by atoms with Gasteiger partial charge in [0, 0.05) is 40.1 Å². The van der Waals surface area contributed by atoms with E-state index in [1.807, 2.05) is 25.1 Å². The SMILES string of the molecule is COC1CCC(C)(NC(=O)Cc2[c-]cccc2C)CC1.[W]. The second-order valence-electron chi connectivity index (χ2n) is 6.05. The first kappa shape index (κ1) is 18.4.